The molecule has 0 radical (unpaired) electrons. The predicted octanol–water partition coefficient (Wildman–Crippen LogP) is 3.46. The molecule has 2 rings (SSSR count). The van der Waals surface area contributed by atoms with Gasteiger partial charge in [-0.1, -0.05) is 20.4 Å². The monoisotopic (exact) mass is 204 g/mol. The van der Waals surface area contributed by atoms with Crippen LogP contribution in [-0.2, 0) is 0 Å². The van der Waals surface area contributed by atoms with Crippen LogP contribution in [0.25, 0.3) is 16.3 Å². The summed E-state index contributed by atoms with van der Waals surface area (Å²) in [6.07, 6.45) is 1.70. The normalized spacial score (nSPS) is 11.1. The van der Waals surface area contributed by atoms with E-state index in [1.165, 1.54) is 5.39 Å². The van der Waals surface area contributed by atoms with E-state index in [0.29, 0.717) is 5.92 Å². The first-order valence-corrected chi connectivity index (χ1v) is 5.48. The average molecular weight is 204 g/mol. The number of fused-ring (bicyclic) bond motifs is 1. The summed E-state index contributed by atoms with van der Waals surface area (Å²) in [5.74, 6) is 1.15. The second-order valence-electron chi connectivity index (χ2n) is 3.47. The lowest BCUT2D eigenvalue weighted by atomic mass is 10.1. The summed E-state index contributed by atoms with van der Waals surface area (Å²) in [5.41, 5.74) is 1.12. The van der Waals surface area contributed by atoms with Crippen LogP contribution in [-0.4, -0.2) is 9.97 Å². The zero-order chi connectivity index (χ0) is 10.1. The Labute approximate surface area is 87.3 Å². The quantitative estimate of drug-likeness (QED) is 0.748. The third kappa shape index (κ3) is 1.44. The van der Waals surface area contributed by atoms with E-state index in [9.17, 15) is 0 Å². The molecule has 0 aliphatic heterocycles. The largest absolute Gasteiger partial charge is 0.233 e. The molecule has 0 amide bonds. The fourth-order valence-electron chi connectivity index (χ4n) is 1.43. The molecule has 2 nitrogen and oxygen atoms in total. The molecule has 0 bridgehead atoms. The van der Waals surface area contributed by atoms with E-state index >= 15 is 0 Å². The summed E-state index contributed by atoms with van der Waals surface area (Å²) < 4.78 is 0. The number of nitrogens with zero attached hydrogens (tertiary/aromatic N) is 2. The Kier molecular flexibility index (Phi) is 2.33. The van der Waals surface area contributed by atoms with Gasteiger partial charge in [0.1, 0.15) is 4.83 Å². The first kappa shape index (κ1) is 9.34. The van der Waals surface area contributed by atoms with Crippen LogP contribution in [0.4, 0.5) is 0 Å². The molecule has 0 aliphatic carbocycles. The lowest BCUT2D eigenvalue weighted by Crippen LogP contribution is -1.97. The average Bonchev–Trinajstić information content (AvgIpc) is 2.63. The van der Waals surface area contributed by atoms with E-state index in [2.05, 4.69) is 41.8 Å². The number of thiophene rings is 1. The molecule has 0 spiro atoms. The maximum absolute atomic E-state index is 4.47. The van der Waals surface area contributed by atoms with Crippen molar-refractivity contribution in [3.8, 4) is 0 Å². The van der Waals surface area contributed by atoms with Crippen molar-refractivity contribution in [3.05, 3.63) is 29.5 Å². The molecule has 0 atom stereocenters. The van der Waals surface area contributed by atoms with E-state index in [1.54, 1.807) is 17.4 Å². The van der Waals surface area contributed by atoms with Crippen molar-refractivity contribution in [1.29, 1.82) is 0 Å². The first-order valence-electron chi connectivity index (χ1n) is 4.60. The highest BCUT2D eigenvalue weighted by Crippen LogP contribution is 2.26. The van der Waals surface area contributed by atoms with E-state index in [-0.39, 0.29) is 0 Å². The van der Waals surface area contributed by atoms with Gasteiger partial charge in [0.2, 0.25) is 0 Å². The molecule has 0 fully saturated rings. The number of hydrogen-bond donors (Lipinski definition) is 0. The molecular weight excluding hydrogens is 192 g/mol. The van der Waals surface area contributed by atoms with Crippen LogP contribution in [0, 0.1) is 0 Å². The third-order valence-corrected chi connectivity index (χ3v) is 2.91. The second kappa shape index (κ2) is 3.50. The van der Waals surface area contributed by atoms with Gasteiger partial charge in [-0.25, -0.2) is 9.97 Å². The molecule has 14 heavy (non-hydrogen) atoms. The van der Waals surface area contributed by atoms with Crippen molar-refractivity contribution >= 4 is 27.6 Å². The zero-order valence-electron chi connectivity index (χ0n) is 8.32. The van der Waals surface area contributed by atoms with Gasteiger partial charge in [-0.05, 0) is 23.4 Å². The highest BCUT2D eigenvalue weighted by Gasteiger charge is 2.09. The Morgan fingerprint density at radius 1 is 1.43 bits per heavy atom. The highest BCUT2D eigenvalue weighted by molar-refractivity contribution is 7.16. The van der Waals surface area contributed by atoms with Crippen LogP contribution >= 0.6 is 11.3 Å². The Bertz CT molecular complexity index is 471. The highest BCUT2D eigenvalue weighted by atomic mass is 32.1. The van der Waals surface area contributed by atoms with E-state index < -0.39 is 0 Å². The van der Waals surface area contributed by atoms with Crippen molar-refractivity contribution in [2.45, 2.75) is 19.8 Å². The molecule has 72 valence electrons. The molecule has 2 heterocycles. The molecule has 2 aromatic heterocycles. The Morgan fingerprint density at radius 2 is 2.21 bits per heavy atom. The van der Waals surface area contributed by atoms with Crippen LogP contribution in [0.2, 0.25) is 0 Å². The van der Waals surface area contributed by atoms with Gasteiger partial charge < -0.3 is 0 Å². The summed E-state index contributed by atoms with van der Waals surface area (Å²) in [4.78, 5) is 9.91. The minimum absolute atomic E-state index is 0.425. The van der Waals surface area contributed by atoms with E-state index in [0.717, 1.165) is 16.3 Å². The number of hydrogen-bond acceptors (Lipinski definition) is 3. The second-order valence-corrected chi connectivity index (χ2v) is 4.36. The van der Waals surface area contributed by atoms with Gasteiger partial charge in [0.25, 0.3) is 0 Å². The SMILES string of the molecule is C=Cc1nc(C(C)C)c2ccsc2n1. The van der Waals surface area contributed by atoms with Crippen LogP contribution < -0.4 is 0 Å². The lowest BCUT2D eigenvalue weighted by Gasteiger charge is -2.06. The molecule has 0 unspecified atom stereocenters. The van der Waals surface area contributed by atoms with Crippen molar-refractivity contribution in [1.82, 2.24) is 9.97 Å². The van der Waals surface area contributed by atoms with Crippen molar-refractivity contribution in [2.75, 3.05) is 0 Å². The van der Waals surface area contributed by atoms with E-state index in [1.807, 2.05) is 0 Å². The zero-order valence-corrected chi connectivity index (χ0v) is 9.14. The maximum atomic E-state index is 4.47. The van der Waals surface area contributed by atoms with E-state index in [4.69, 9.17) is 0 Å². The number of aromatic nitrogens is 2. The van der Waals surface area contributed by atoms with Gasteiger partial charge in [0, 0.05) is 5.39 Å². The molecule has 2 aromatic rings. The lowest BCUT2D eigenvalue weighted by molar-refractivity contribution is 0.827. The van der Waals surface area contributed by atoms with Gasteiger partial charge in [0.05, 0.1) is 5.69 Å². The number of rotatable bonds is 2. The summed E-state index contributed by atoms with van der Waals surface area (Å²) >= 11 is 1.65. The Morgan fingerprint density at radius 3 is 2.86 bits per heavy atom. The molecule has 3 heteroatoms. The van der Waals surface area contributed by atoms with Crippen LogP contribution in [0.1, 0.15) is 31.3 Å². The summed E-state index contributed by atoms with van der Waals surface area (Å²) in [6.45, 7) is 7.99. The van der Waals surface area contributed by atoms with Crippen LogP contribution in [0.15, 0.2) is 18.0 Å². The maximum Gasteiger partial charge on any atom is 0.153 e. The van der Waals surface area contributed by atoms with Crippen LogP contribution in [0.3, 0.4) is 0 Å². The fraction of sp³-hybridized carbons (Fsp3) is 0.273. The Hall–Kier alpha value is -1.22. The standard InChI is InChI=1S/C11H12N2S/c1-4-9-12-10(7(2)3)8-5-6-14-11(8)13-9/h4-7H,1H2,2-3H3. The van der Waals surface area contributed by atoms with Crippen molar-refractivity contribution in [2.24, 2.45) is 0 Å². The minimum Gasteiger partial charge on any atom is -0.233 e. The third-order valence-electron chi connectivity index (χ3n) is 2.10. The molecule has 0 N–H and O–H groups in total. The van der Waals surface area contributed by atoms with Gasteiger partial charge >= 0.3 is 0 Å². The molecule has 0 saturated carbocycles. The fourth-order valence-corrected chi connectivity index (χ4v) is 2.21. The molecule has 0 saturated heterocycles. The Balaban J connectivity index is 2.76. The first-order chi connectivity index (χ1) is 6.72. The topological polar surface area (TPSA) is 25.8 Å². The summed E-state index contributed by atoms with van der Waals surface area (Å²) in [6, 6.07) is 2.09. The minimum atomic E-state index is 0.425. The van der Waals surface area contributed by atoms with Crippen LogP contribution in [0.5, 0.6) is 0 Å². The van der Waals surface area contributed by atoms with Crippen molar-refractivity contribution < 1.29 is 0 Å². The smallest absolute Gasteiger partial charge is 0.153 e. The summed E-state index contributed by atoms with van der Waals surface area (Å²) in [7, 11) is 0. The molecular formula is C11H12N2S. The molecule has 0 aromatic carbocycles. The van der Waals surface area contributed by atoms with Gasteiger partial charge in [-0.3, -0.25) is 0 Å². The van der Waals surface area contributed by atoms with Gasteiger partial charge in [-0.2, -0.15) is 0 Å². The van der Waals surface area contributed by atoms with Gasteiger partial charge in [0.15, 0.2) is 5.82 Å². The molecule has 0 aliphatic rings. The van der Waals surface area contributed by atoms with Crippen molar-refractivity contribution in [3.63, 3.8) is 0 Å². The predicted molar refractivity (Wildman–Crippen MR) is 61.6 cm³/mol. The van der Waals surface area contributed by atoms with Gasteiger partial charge in [-0.15, -0.1) is 11.3 Å². The summed E-state index contributed by atoms with van der Waals surface area (Å²) in [5, 5.41) is 3.23.